The zero-order chi connectivity index (χ0) is 29.0. The molecule has 1 aromatic rings. The van der Waals surface area contributed by atoms with Crippen LogP contribution in [0.5, 0.6) is 0 Å². The second kappa shape index (κ2) is 15.4. The number of carbonyl (C=O) groups is 1. The van der Waals surface area contributed by atoms with E-state index in [1.807, 2.05) is 44.7 Å². The maximum Gasteiger partial charge on any atom is 0.309 e. The summed E-state index contributed by atoms with van der Waals surface area (Å²) in [5.74, 6) is 1.31. The summed E-state index contributed by atoms with van der Waals surface area (Å²) in [6.45, 7) is 11.7. The van der Waals surface area contributed by atoms with Crippen molar-refractivity contribution in [2.75, 3.05) is 26.2 Å². The fourth-order valence-electron chi connectivity index (χ4n) is 5.56. The average Bonchev–Trinajstić information content (AvgIpc) is 3.16. The van der Waals surface area contributed by atoms with Crippen LogP contribution in [0.25, 0.3) is 0 Å². The van der Waals surface area contributed by atoms with Crippen molar-refractivity contribution in [2.45, 2.75) is 66.5 Å². The van der Waals surface area contributed by atoms with Crippen molar-refractivity contribution in [3.8, 4) is 0 Å². The Morgan fingerprint density at radius 2 is 1.90 bits per heavy atom. The quantitative estimate of drug-likeness (QED) is 0.359. The van der Waals surface area contributed by atoms with E-state index >= 15 is 0 Å². The number of allylic oxidation sites excluding steroid dienone is 11. The zero-order valence-corrected chi connectivity index (χ0v) is 25.1. The summed E-state index contributed by atoms with van der Waals surface area (Å²) < 4.78 is 7.11. The van der Waals surface area contributed by atoms with E-state index in [9.17, 15) is 4.79 Å². The van der Waals surface area contributed by atoms with Crippen LogP contribution in [0.15, 0.2) is 87.5 Å². The Balaban J connectivity index is 0.00000189. The van der Waals surface area contributed by atoms with Gasteiger partial charge in [0.2, 0.25) is 0 Å². The van der Waals surface area contributed by atoms with Crippen molar-refractivity contribution in [2.24, 2.45) is 21.8 Å². The Kier molecular flexibility index (Phi) is 11.4. The second-order valence-corrected chi connectivity index (χ2v) is 10.5. The molecule has 1 unspecified atom stereocenters. The van der Waals surface area contributed by atoms with Crippen LogP contribution in [0.2, 0.25) is 0 Å². The molecule has 5 rings (SSSR count). The van der Waals surface area contributed by atoms with Crippen molar-refractivity contribution in [1.29, 1.82) is 0 Å². The number of hydrogen-bond donors (Lipinski definition) is 0. The molecule has 0 saturated carbocycles. The summed E-state index contributed by atoms with van der Waals surface area (Å²) in [4.78, 5) is 24.4. The van der Waals surface area contributed by atoms with Gasteiger partial charge in [-0.05, 0) is 69.7 Å². The van der Waals surface area contributed by atoms with Gasteiger partial charge < -0.3 is 9.64 Å². The molecule has 1 saturated heterocycles. The minimum absolute atomic E-state index is 0.0320. The predicted molar refractivity (Wildman–Crippen MR) is 169 cm³/mol. The summed E-state index contributed by atoms with van der Waals surface area (Å²) in [6.07, 6.45) is 26.4. The van der Waals surface area contributed by atoms with Crippen LogP contribution < -0.4 is 0 Å². The van der Waals surface area contributed by atoms with Gasteiger partial charge in [0.1, 0.15) is 6.67 Å². The molecule has 0 N–H and O–H groups in total. The molecular formula is C34H45N5O2. The molecule has 1 aromatic heterocycles. The van der Waals surface area contributed by atoms with Crippen molar-refractivity contribution in [3.05, 3.63) is 83.2 Å². The molecule has 2 aliphatic carbocycles. The monoisotopic (exact) mass is 555 g/mol. The van der Waals surface area contributed by atoms with Gasteiger partial charge in [-0.3, -0.25) is 9.79 Å². The number of nitrogens with zero attached hydrogens (tertiary/aromatic N) is 5. The summed E-state index contributed by atoms with van der Waals surface area (Å²) in [6, 6.07) is 2.00. The van der Waals surface area contributed by atoms with Gasteiger partial charge in [0, 0.05) is 30.8 Å². The lowest BCUT2D eigenvalue weighted by Gasteiger charge is -2.33. The van der Waals surface area contributed by atoms with Gasteiger partial charge in [0.25, 0.3) is 0 Å². The highest BCUT2D eigenvalue weighted by Gasteiger charge is 2.27. The average molecular weight is 556 g/mol. The number of aromatic nitrogens is 2. The number of likely N-dealkylation sites (tertiary alicyclic amines) is 1. The fraction of sp³-hybridized carbons (Fsp3) is 0.471. The molecule has 0 aromatic carbocycles. The van der Waals surface area contributed by atoms with Gasteiger partial charge >= 0.3 is 5.97 Å². The van der Waals surface area contributed by atoms with Gasteiger partial charge in [-0.25, -0.2) is 9.67 Å². The Bertz CT molecular complexity index is 1300. The van der Waals surface area contributed by atoms with E-state index in [0.717, 1.165) is 85.7 Å². The number of fused-ring (bicyclic) bond motifs is 1. The molecule has 0 radical (unpaired) electrons. The van der Waals surface area contributed by atoms with Crippen LogP contribution in [-0.2, 0) is 16.2 Å². The number of rotatable bonds is 6. The number of carbonyl (C=O) groups excluding carboxylic acids is 1. The molecule has 0 spiro atoms. The zero-order valence-electron chi connectivity index (χ0n) is 25.1. The number of hydrogen-bond acceptors (Lipinski definition) is 6. The van der Waals surface area contributed by atoms with Crippen LogP contribution in [0, 0.1) is 18.8 Å². The summed E-state index contributed by atoms with van der Waals surface area (Å²) in [5.41, 5.74) is 5.39. The standard InChI is InChI=1S/C32H39N5O2.C2H6/c1-3-39-32(38)28-16-19-36(20-17-28)22-25-12-14-27(15-13-25)31-29(26-9-6-4-5-7-10-26)11-8-18-33-30-21-24(2)35-37(30)23-34-31;1-2/h4,6-7,9-12,14-15,18,21,25,28H,3,5,8,13,16-17,19-20,22-23H2,1-2H3;1-2H3/b29-11-,33-18-,34-31-;. The minimum Gasteiger partial charge on any atom is -0.466 e. The molecule has 7 heteroatoms. The van der Waals surface area contributed by atoms with Gasteiger partial charge in [0.15, 0.2) is 5.82 Å². The molecule has 218 valence electrons. The van der Waals surface area contributed by atoms with Gasteiger partial charge in [-0.15, -0.1) is 0 Å². The van der Waals surface area contributed by atoms with Crippen molar-refractivity contribution >= 4 is 23.7 Å². The van der Waals surface area contributed by atoms with Crippen molar-refractivity contribution in [1.82, 2.24) is 14.7 Å². The molecule has 2 aliphatic heterocycles. The number of aliphatic imine (C=N–C) groups is 2. The third-order valence-electron chi connectivity index (χ3n) is 7.60. The first-order chi connectivity index (χ1) is 20.1. The lowest BCUT2D eigenvalue weighted by atomic mass is 9.88. The summed E-state index contributed by atoms with van der Waals surface area (Å²) in [5, 5.41) is 4.63. The smallest absolute Gasteiger partial charge is 0.309 e. The molecule has 41 heavy (non-hydrogen) atoms. The van der Waals surface area contributed by atoms with E-state index in [0.29, 0.717) is 19.2 Å². The van der Waals surface area contributed by atoms with Crippen LogP contribution in [0.3, 0.4) is 0 Å². The maximum absolute atomic E-state index is 12.1. The Labute approximate surface area is 245 Å². The van der Waals surface area contributed by atoms with Crippen LogP contribution in [0.4, 0.5) is 5.82 Å². The second-order valence-electron chi connectivity index (χ2n) is 10.5. The Morgan fingerprint density at radius 1 is 1.07 bits per heavy atom. The SMILES string of the molecule is CC.CCOC(=O)C1CCN(CC2C=CC(C3=N/Cn4nc(C)cc4/N=C\C/C=C\3C3=CC=CCC=C3)=CC2)CC1. The van der Waals surface area contributed by atoms with E-state index in [1.165, 1.54) is 0 Å². The van der Waals surface area contributed by atoms with Crippen LogP contribution in [-0.4, -0.2) is 58.8 Å². The largest absolute Gasteiger partial charge is 0.466 e. The lowest BCUT2D eigenvalue weighted by molar-refractivity contribution is -0.149. The van der Waals surface area contributed by atoms with Gasteiger partial charge in [-0.2, -0.15) is 5.10 Å². The highest BCUT2D eigenvalue weighted by atomic mass is 16.5. The van der Waals surface area contributed by atoms with Gasteiger partial charge in [-0.1, -0.05) is 68.5 Å². The summed E-state index contributed by atoms with van der Waals surface area (Å²) in [7, 11) is 0. The third-order valence-corrected chi connectivity index (χ3v) is 7.60. The van der Waals surface area contributed by atoms with Crippen LogP contribution in [0.1, 0.15) is 58.6 Å². The molecule has 4 aliphatic rings. The minimum atomic E-state index is -0.0320. The normalized spacial score (nSPS) is 24.7. The third kappa shape index (κ3) is 8.23. The molecule has 3 heterocycles. The highest BCUT2D eigenvalue weighted by Crippen LogP contribution is 2.28. The predicted octanol–water partition coefficient (Wildman–Crippen LogP) is 6.87. The first kappa shape index (κ1) is 30.4. The number of aryl methyl sites for hydroxylation is 1. The topological polar surface area (TPSA) is 72.1 Å². The summed E-state index contributed by atoms with van der Waals surface area (Å²) >= 11 is 0. The van der Waals surface area contributed by atoms with E-state index in [1.54, 1.807) is 0 Å². The molecule has 1 fully saturated rings. The van der Waals surface area contributed by atoms with E-state index in [2.05, 4.69) is 69.7 Å². The highest BCUT2D eigenvalue weighted by molar-refractivity contribution is 6.17. The molecule has 0 bridgehead atoms. The molecule has 7 nitrogen and oxygen atoms in total. The Morgan fingerprint density at radius 3 is 2.66 bits per heavy atom. The number of piperidine rings is 1. The van der Waals surface area contributed by atoms with Crippen LogP contribution >= 0.6 is 0 Å². The van der Waals surface area contributed by atoms with E-state index in [4.69, 9.17) is 9.73 Å². The molecule has 0 amide bonds. The first-order valence-corrected chi connectivity index (χ1v) is 15.2. The lowest BCUT2D eigenvalue weighted by Crippen LogP contribution is -2.39. The first-order valence-electron chi connectivity index (χ1n) is 15.2. The van der Waals surface area contributed by atoms with E-state index in [-0.39, 0.29) is 11.9 Å². The van der Waals surface area contributed by atoms with Crippen molar-refractivity contribution in [3.63, 3.8) is 0 Å². The van der Waals surface area contributed by atoms with Gasteiger partial charge in [0.05, 0.1) is 23.9 Å². The Hall–Kier alpha value is -3.58. The fourth-order valence-corrected chi connectivity index (χ4v) is 5.56. The van der Waals surface area contributed by atoms with Crippen molar-refractivity contribution < 1.29 is 9.53 Å². The molecular weight excluding hydrogens is 510 g/mol. The molecule has 1 atom stereocenters. The maximum atomic E-state index is 12.1. The number of ether oxygens (including phenoxy) is 1. The van der Waals surface area contributed by atoms with E-state index < -0.39 is 0 Å². The number of esters is 1.